The molecule has 30 heavy (non-hydrogen) atoms. The van der Waals surface area contributed by atoms with Gasteiger partial charge in [-0.05, 0) is 68.5 Å². The SMILES string of the molecule is CCN1c2ccc(/C=N\NC(=O)COc3ccccc3OC)cc2C(C)CC1(C)C. The van der Waals surface area contributed by atoms with Crippen LogP contribution in [0.3, 0.4) is 0 Å². The minimum atomic E-state index is -0.331. The number of nitrogens with one attached hydrogen (secondary N) is 1. The Kier molecular flexibility index (Phi) is 6.65. The van der Waals surface area contributed by atoms with Crippen molar-refractivity contribution in [1.29, 1.82) is 0 Å². The maximum atomic E-state index is 12.0. The fourth-order valence-electron chi connectivity index (χ4n) is 4.28. The molecule has 1 atom stereocenters. The first-order chi connectivity index (χ1) is 14.4. The Balaban J connectivity index is 1.62. The van der Waals surface area contributed by atoms with Crippen molar-refractivity contribution >= 4 is 17.8 Å². The Labute approximate surface area is 178 Å². The Hall–Kier alpha value is -3.02. The van der Waals surface area contributed by atoms with Crippen molar-refractivity contribution in [3.05, 3.63) is 53.6 Å². The van der Waals surface area contributed by atoms with Gasteiger partial charge >= 0.3 is 0 Å². The maximum Gasteiger partial charge on any atom is 0.277 e. The predicted molar refractivity (Wildman–Crippen MR) is 121 cm³/mol. The van der Waals surface area contributed by atoms with Crippen LogP contribution in [-0.2, 0) is 4.79 Å². The lowest BCUT2D eigenvalue weighted by Gasteiger charge is -2.47. The number of rotatable bonds is 7. The molecule has 0 aliphatic carbocycles. The van der Waals surface area contributed by atoms with Gasteiger partial charge in [-0.25, -0.2) is 5.43 Å². The number of anilines is 1. The molecule has 1 heterocycles. The molecule has 1 unspecified atom stereocenters. The molecule has 2 aromatic carbocycles. The van der Waals surface area contributed by atoms with Crippen LogP contribution in [0.4, 0.5) is 5.69 Å². The van der Waals surface area contributed by atoms with Gasteiger partial charge in [-0.15, -0.1) is 0 Å². The second kappa shape index (κ2) is 9.20. The van der Waals surface area contributed by atoms with E-state index in [0.29, 0.717) is 17.4 Å². The number of hydrogen-bond donors (Lipinski definition) is 1. The van der Waals surface area contributed by atoms with E-state index in [1.54, 1.807) is 25.5 Å². The topological polar surface area (TPSA) is 63.2 Å². The minimum absolute atomic E-state index is 0.139. The van der Waals surface area contributed by atoms with Gasteiger partial charge in [0.15, 0.2) is 18.1 Å². The molecule has 6 nitrogen and oxygen atoms in total. The van der Waals surface area contributed by atoms with E-state index in [2.05, 4.69) is 55.3 Å². The van der Waals surface area contributed by atoms with Crippen LogP contribution in [0.15, 0.2) is 47.6 Å². The number of benzene rings is 2. The summed E-state index contributed by atoms with van der Waals surface area (Å²) in [4.78, 5) is 14.5. The van der Waals surface area contributed by atoms with Crippen LogP contribution < -0.4 is 19.8 Å². The van der Waals surface area contributed by atoms with E-state index in [9.17, 15) is 4.79 Å². The molecule has 2 aromatic rings. The summed E-state index contributed by atoms with van der Waals surface area (Å²) < 4.78 is 10.7. The van der Waals surface area contributed by atoms with Gasteiger partial charge in [-0.2, -0.15) is 5.10 Å². The summed E-state index contributed by atoms with van der Waals surface area (Å²) >= 11 is 0. The van der Waals surface area contributed by atoms with Gasteiger partial charge in [0.2, 0.25) is 0 Å². The molecule has 0 saturated heterocycles. The molecule has 0 aromatic heterocycles. The molecule has 0 spiro atoms. The van der Waals surface area contributed by atoms with Gasteiger partial charge < -0.3 is 14.4 Å². The van der Waals surface area contributed by atoms with E-state index < -0.39 is 0 Å². The molecular formula is C24H31N3O3. The molecule has 0 bridgehead atoms. The summed E-state index contributed by atoms with van der Waals surface area (Å²) in [5.74, 6) is 1.24. The number of carbonyl (C=O) groups is 1. The van der Waals surface area contributed by atoms with Crippen LogP contribution in [0, 0.1) is 0 Å². The molecular weight excluding hydrogens is 378 g/mol. The summed E-state index contributed by atoms with van der Waals surface area (Å²) in [6, 6.07) is 13.6. The summed E-state index contributed by atoms with van der Waals surface area (Å²) in [7, 11) is 1.56. The number of ether oxygens (including phenoxy) is 2. The quantitative estimate of drug-likeness (QED) is 0.546. The first kappa shape index (κ1) is 21.7. The Bertz CT molecular complexity index is 924. The summed E-state index contributed by atoms with van der Waals surface area (Å²) in [5.41, 5.74) is 6.23. The number of para-hydroxylation sites is 2. The van der Waals surface area contributed by atoms with Crippen LogP contribution in [0.5, 0.6) is 11.5 Å². The number of hydrogen-bond acceptors (Lipinski definition) is 5. The second-order valence-electron chi connectivity index (χ2n) is 8.21. The van der Waals surface area contributed by atoms with Gasteiger partial charge in [0.1, 0.15) is 0 Å². The van der Waals surface area contributed by atoms with Crippen molar-refractivity contribution < 1.29 is 14.3 Å². The third kappa shape index (κ3) is 4.75. The van der Waals surface area contributed by atoms with Gasteiger partial charge in [0.25, 0.3) is 5.91 Å². The van der Waals surface area contributed by atoms with Gasteiger partial charge in [-0.3, -0.25) is 4.79 Å². The Morgan fingerprint density at radius 2 is 2.00 bits per heavy atom. The fraction of sp³-hybridized carbons (Fsp3) is 0.417. The molecule has 0 radical (unpaired) electrons. The molecule has 160 valence electrons. The zero-order valence-electron chi connectivity index (χ0n) is 18.4. The lowest BCUT2D eigenvalue weighted by molar-refractivity contribution is -0.123. The highest BCUT2D eigenvalue weighted by Crippen LogP contribution is 2.43. The number of methoxy groups -OCH3 is 1. The summed E-state index contributed by atoms with van der Waals surface area (Å²) in [6.07, 6.45) is 2.77. The zero-order chi connectivity index (χ0) is 21.7. The smallest absolute Gasteiger partial charge is 0.277 e. The van der Waals surface area contributed by atoms with Gasteiger partial charge in [0.05, 0.1) is 13.3 Å². The largest absolute Gasteiger partial charge is 0.493 e. The predicted octanol–water partition coefficient (Wildman–Crippen LogP) is 4.34. The van der Waals surface area contributed by atoms with E-state index in [1.807, 2.05) is 18.2 Å². The average Bonchev–Trinajstić information content (AvgIpc) is 2.72. The highest BCUT2D eigenvalue weighted by molar-refractivity contribution is 5.84. The van der Waals surface area contributed by atoms with Crippen molar-refractivity contribution in [2.24, 2.45) is 5.10 Å². The monoisotopic (exact) mass is 409 g/mol. The van der Waals surface area contributed by atoms with E-state index in [4.69, 9.17) is 9.47 Å². The standard InChI is InChI=1S/C24H31N3O3/c1-6-27-20-12-11-18(13-19(20)17(2)14-24(27,3)4)15-25-26-23(28)16-30-22-10-8-7-9-21(22)29-5/h7-13,15,17H,6,14,16H2,1-5H3,(H,26,28)/b25-15-. The molecule has 1 N–H and O–H groups in total. The lowest BCUT2D eigenvalue weighted by Crippen LogP contribution is -2.48. The van der Waals surface area contributed by atoms with E-state index in [0.717, 1.165) is 18.5 Å². The third-order valence-corrected chi connectivity index (χ3v) is 5.56. The molecule has 0 fully saturated rings. The zero-order valence-corrected chi connectivity index (χ0v) is 18.4. The first-order valence-corrected chi connectivity index (χ1v) is 10.3. The maximum absolute atomic E-state index is 12.0. The van der Waals surface area contributed by atoms with Crippen LogP contribution in [0.2, 0.25) is 0 Å². The van der Waals surface area contributed by atoms with E-state index in [1.165, 1.54) is 11.3 Å². The molecule has 1 amide bonds. The van der Waals surface area contributed by atoms with Crippen molar-refractivity contribution in [3.8, 4) is 11.5 Å². The number of carbonyl (C=O) groups excluding carboxylic acids is 1. The summed E-state index contributed by atoms with van der Waals surface area (Å²) in [5, 5.41) is 4.09. The number of nitrogens with zero attached hydrogens (tertiary/aromatic N) is 2. The highest BCUT2D eigenvalue weighted by atomic mass is 16.5. The Morgan fingerprint density at radius 3 is 2.70 bits per heavy atom. The van der Waals surface area contributed by atoms with Crippen molar-refractivity contribution in [1.82, 2.24) is 5.43 Å². The average molecular weight is 410 g/mol. The van der Waals surface area contributed by atoms with Crippen molar-refractivity contribution in [3.63, 3.8) is 0 Å². The van der Waals surface area contributed by atoms with E-state index in [-0.39, 0.29) is 18.1 Å². The molecule has 1 aliphatic heterocycles. The summed E-state index contributed by atoms with van der Waals surface area (Å²) in [6.45, 7) is 9.90. The van der Waals surface area contributed by atoms with Crippen molar-refractivity contribution in [2.75, 3.05) is 25.2 Å². The fourth-order valence-corrected chi connectivity index (χ4v) is 4.28. The lowest BCUT2D eigenvalue weighted by atomic mass is 9.79. The number of amides is 1. The normalized spacial score (nSPS) is 17.5. The van der Waals surface area contributed by atoms with Crippen LogP contribution in [0.1, 0.15) is 51.2 Å². The number of hydrazone groups is 1. The highest BCUT2D eigenvalue weighted by Gasteiger charge is 2.35. The third-order valence-electron chi connectivity index (χ3n) is 5.56. The molecule has 1 aliphatic rings. The van der Waals surface area contributed by atoms with Gasteiger partial charge in [0, 0.05) is 17.8 Å². The van der Waals surface area contributed by atoms with Crippen LogP contribution in [-0.4, -0.2) is 37.9 Å². The minimum Gasteiger partial charge on any atom is -0.493 e. The molecule has 6 heteroatoms. The molecule has 3 rings (SSSR count). The van der Waals surface area contributed by atoms with Crippen LogP contribution >= 0.6 is 0 Å². The van der Waals surface area contributed by atoms with Crippen molar-refractivity contribution in [2.45, 2.75) is 45.6 Å². The van der Waals surface area contributed by atoms with E-state index >= 15 is 0 Å². The molecule has 0 saturated carbocycles. The van der Waals surface area contributed by atoms with Gasteiger partial charge in [-0.1, -0.05) is 25.1 Å². The first-order valence-electron chi connectivity index (χ1n) is 10.3. The second-order valence-corrected chi connectivity index (χ2v) is 8.21. The van der Waals surface area contributed by atoms with Crippen LogP contribution in [0.25, 0.3) is 0 Å². The Morgan fingerprint density at radius 1 is 1.27 bits per heavy atom. The number of fused-ring (bicyclic) bond motifs is 1.